The summed E-state index contributed by atoms with van der Waals surface area (Å²) in [5, 5.41) is 2.16. The minimum absolute atomic E-state index is 0.642. The van der Waals surface area contributed by atoms with E-state index in [1.165, 1.54) is 0 Å². The maximum atomic E-state index is 5.59. The van der Waals surface area contributed by atoms with Gasteiger partial charge in [0.1, 0.15) is 26.3 Å². The van der Waals surface area contributed by atoms with Gasteiger partial charge in [0.15, 0.2) is 0 Å². The summed E-state index contributed by atoms with van der Waals surface area (Å²) >= 11 is 0. The van der Waals surface area contributed by atoms with Gasteiger partial charge in [0.2, 0.25) is 0 Å². The van der Waals surface area contributed by atoms with E-state index in [1.54, 1.807) is 14.2 Å². The highest BCUT2D eigenvalue weighted by Crippen LogP contribution is 2.09. The van der Waals surface area contributed by atoms with Crippen molar-refractivity contribution in [3.05, 3.63) is 48.3 Å². The molecule has 0 heterocycles. The van der Waals surface area contributed by atoms with Crippen LogP contribution in [-0.2, 0) is 18.9 Å². The third kappa shape index (κ3) is 13.5. The largest absolute Gasteiger partial charge is 0.502 e. The van der Waals surface area contributed by atoms with Crippen LogP contribution in [0.5, 0.6) is 0 Å². The highest BCUT2D eigenvalue weighted by atomic mass is 16.5. The van der Waals surface area contributed by atoms with Crippen molar-refractivity contribution in [2.75, 3.05) is 40.5 Å². The highest BCUT2D eigenvalue weighted by molar-refractivity contribution is 5.08. The Morgan fingerprint density at radius 1 is 0.826 bits per heavy atom. The zero-order valence-corrected chi connectivity index (χ0v) is 15.0. The Morgan fingerprint density at radius 3 is 2.00 bits per heavy atom. The van der Waals surface area contributed by atoms with E-state index in [1.807, 2.05) is 26.0 Å². The quantitative estimate of drug-likeness (QED) is 0.303. The Labute approximate surface area is 140 Å². The minimum Gasteiger partial charge on any atom is -0.502 e. The molecular weight excluding hydrogens is 294 g/mol. The summed E-state index contributed by atoms with van der Waals surface area (Å²) in [4.78, 5) is 0. The van der Waals surface area contributed by atoms with Gasteiger partial charge in [-0.25, -0.2) is 0 Å². The van der Waals surface area contributed by atoms with Crippen LogP contribution in [0.2, 0.25) is 0 Å². The van der Waals surface area contributed by atoms with Crippen LogP contribution in [0, 0.1) is 0 Å². The first kappa shape index (κ1) is 21.1. The lowest BCUT2D eigenvalue weighted by Crippen LogP contribution is -2.86. The Hall–Kier alpha value is -1.88. The van der Waals surface area contributed by atoms with Crippen molar-refractivity contribution < 1.29 is 24.3 Å². The van der Waals surface area contributed by atoms with Gasteiger partial charge in [-0.05, 0) is 26.0 Å². The molecule has 0 saturated carbocycles. The molecule has 5 heteroatoms. The van der Waals surface area contributed by atoms with Gasteiger partial charge in [-0.15, -0.1) is 0 Å². The van der Waals surface area contributed by atoms with Crippen molar-refractivity contribution in [1.82, 2.24) is 0 Å². The Morgan fingerprint density at radius 2 is 1.39 bits per heavy atom. The topological polar surface area (TPSA) is 53.5 Å². The first-order chi connectivity index (χ1) is 11.0. The van der Waals surface area contributed by atoms with Crippen LogP contribution in [0.3, 0.4) is 0 Å². The molecule has 0 atom stereocenters. The van der Waals surface area contributed by atoms with Crippen LogP contribution in [0.15, 0.2) is 48.3 Å². The van der Waals surface area contributed by atoms with Crippen LogP contribution in [0.4, 0.5) is 0 Å². The predicted molar refractivity (Wildman–Crippen MR) is 92.6 cm³/mol. The molecule has 0 radical (unpaired) electrons. The third-order valence-electron chi connectivity index (χ3n) is 3.13. The molecular formula is C18H32NO4+. The minimum atomic E-state index is 0.642. The number of hydrogen-bond acceptors (Lipinski definition) is 4. The zero-order chi connectivity index (χ0) is 17.5. The molecule has 0 aliphatic carbocycles. The average Bonchev–Trinajstić information content (AvgIpc) is 2.56. The summed E-state index contributed by atoms with van der Waals surface area (Å²) in [7, 11) is 3.27. The van der Waals surface area contributed by atoms with E-state index >= 15 is 0 Å². The molecule has 0 fully saturated rings. The molecule has 2 N–H and O–H groups in total. The van der Waals surface area contributed by atoms with Gasteiger partial charge in [-0.3, -0.25) is 0 Å². The Bertz CT molecular complexity index is 413. The number of ether oxygens (including phenoxy) is 4. The van der Waals surface area contributed by atoms with Gasteiger partial charge >= 0.3 is 0 Å². The molecule has 0 aliphatic heterocycles. The van der Waals surface area contributed by atoms with Crippen molar-refractivity contribution in [2.24, 2.45) is 0 Å². The molecule has 132 valence electrons. The number of nitrogens with two attached hydrogens (primary N) is 1. The van der Waals surface area contributed by atoms with E-state index in [4.69, 9.17) is 18.9 Å². The lowest BCUT2D eigenvalue weighted by molar-refractivity contribution is -0.657. The predicted octanol–water partition coefficient (Wildman–Crippen LogP) is 2.49. The first-order valence-corrected chi connectivity index (χ1v) is 7.85. The van der Waals surface area contributed by atoms with Gasteiger partial charge in [0.05, 0.1) is 37.3 Å². The van der Waals surface area contributed by atoms with Gasteiger partial charge in [-0.2, -0.15) is 0 Å². The van der Waals surface area contributed by atoms with Gasteiger partial charge in [0, 0.05) is 12.8 Å². The fourth-order valence-electron chi connectivity index (χ4n) is 1.54. The van der Waals surface area contributed by atoms with Crippen molar-refractivity contribution in [1.29, 1.82) is 0 Å². The molecule has 0 rings (SSSR count). The zero-order valence-electron chi connectivity index (χ0n) is 15.0. The maximum absolute atomic E-state index is 5.59. The number of quaternary nitrogens is 1. The fourth-order valence-corrected chi connectivity index (χ4v) is 1.54. The smallest absolute Gasteiger partial charge is 0.136 e. The molecule has 0 saturated heterocycles. The third-order valence-corrected chi connectivity index (χ3v) is 3.13. The normalized spacial score (nSPS) is 11.8. The average molecular weight is 326 g/mol. The molecule has 23 heavy (non-hydrogen) atoms. The maximum Gasteiger partial charge on any atom is 0.136 e. The van der Waals surface area contributed by atoms with E-state index < -0.39 is 0 Å². The van der Waals surface area contributed by atoms with E-state index in [0.29, 0.717) is 13.2 Å². The summed E-state index contributed by atoms with van der Waals surface area (Å²) in [6, 6.07) is 0. The van der Waals surface area contributed by atoms with Gasteiger partial charge in [-0.1, -0.05) is 13.2 Å². The molecule has 0 bridgehead atoms. The lowest BCUT2D eigenvalue weighted by atomic mass is 10.2. The number of hydrogen-bond donors (Lipinski definition) is 1. The Kier molecular flexibility index (Phi) is 12.6. The number of rotatable bonds is 14. The van der Waals surface area contributed by atoms with E-state index in [0.717, 1.165) is 49.0 Å². The van der Waals surface area contributed by atoms with Gasteiger partial charge < -0.3 is 24.3 Å². The molecule has 0 unspecified atom stereocenters. The lowest BCUT2D eigenvalue weighted by Gasteiger charge is -2.09. The summed E-state index contributed by atoms with van der Waals surface area (Å²) in [6.07, 6.45) is 5.28. The summed E-state index contributed by atoms with van der Waals surface area (Å²) in [5.74, 6) is 3.24. The van der Waals surface area contributed by atoms with E-state index in [2.05, 4.69) is 18.5 Å². The monoisotopic (exact) mass is 326 g/mol. The molecule has 0 aromatic heterocycles. The van der Waals surface area contributed by atoms with Crippen LogP contribution >= 0.6 is 0 Å². The summed E-state index contributed by atoms with van der Waals surface area (Å²) in [6.45, 7) is 14.5. The van der Waals surface area contributed by atoms with Gasteiger partial charge in [0.25, 0.3) is 0 Å². The summed E-state index contributed by atoms with van der Waals surface area (Å²) < 4.78 is 21.2. The molecule has 5 nitrogen and oxygen atoms in total. The van der Waals surface area contributed by atoms with Crippen molar-refractivity contribution in [2.45, 2.75) is 26.7 Å². The van der Waals surface area contributed by atoms with Crippen LogP contribution in [0.1, 0.15) is 26.7 Å². The van der Waals surface area contributed by atoms with Crippen molar-refractivity contribution >= 4 is 0 Å². The molecule has 0 amide bonds. The van der Waals surface area contributed by atoms with Crippen LogP contribution < -0.4 is 5.32 Å². The van der Waals surface area contributed by atoms with Crippen LogP contribution in [0.25, 0.3) is 0 Å². The second-order valence-corrected chi connectivity index (χ2v) is 5.10. The van der Waals surface area contributed by atoms with E-state index in [-0.39, 0.29) is 0 Å². The second-order valence-electron chi connectivity index (χ2n) is 5.10. The van der Waals surface area contributed by atoms with Crippen molar-refractivity contribution in [3.63, 3.8) is 0 Å². The fraction of sp³-hybridized carbons (Fsp3) is 0.556. The molecule has 0 spiro atoms. The molecule has 0 aromatic rings. The SMILES string of the molecule is C=C(CCC(=C)OCC[NH2+]CCO/C(C)=C/C=C(\C)OC)OC. The number of allylic oxidation sites excluding steroid dienone is 6. The summed E-state index contributed by atoms with van der Waals surface area (Å²) in [5.41, 5.74) is 0. The Balaban J connectivity index is 3.56. The molecule has 0 aliphatic rings. The molecule has 0 aromatic carbocycles. The number of methoxy groups -OCH3 is 2. The van der Waals surface area contributed by atoms with Crippen molar-refractivity contribution in [3.8, 4) is 0 Å². The highest BCUT2D eigenvalue weighted by Gasteiger charge is 1.99. The standard InChI is InChI=1S/C18H31NO4/c1-15(20-5)7-9-17(3)22-13-11-19-12-14-23-18(4)10-8-16(2)21-6/h8,10,19H,1,3,7,9,11-14H2,2,4-6H3/p+1/b16-8+,18-10+. The van der Waals surface area contributed by atoms with E-state index in [9.17, 15) is 0 Å². The first-order valence-electron chi connectivity index (χ1n) is 7.85. The second kappa shape index (κ2) is 13.8. The van der Waals surface area contributed by atoms with Crippen LogP contribution in [-0.4, -0.2) is 40.5 Å².